The fourth-order valence-corrected chi connectivity index (χ4v) is 2.68. The van der Waals surface area contributed by atoms with Crippen molar-refractivity contribution in [2.75, 3.05) is 5.32 Å². The molecule has 3 nitrogen and oxygen atoms in total. The van der Waals surface area contributed by atoms with Gasteiger partial charge in [-0.15, -0.1) is 0 Å². The van der Waals surface area contributed by atoms with Crippen molar-refractivity contribution in [1.29, 1.82) is 0 Å². The van der Waals surface area contributed by atoms with Crippen LogP contribution in [0.2, 0.25) is 0 Å². The average Bonchev–Trinajstić information content (AvgIpc) is 2.62. The van der Waals surface area contributed by atoms with Crippen LogP contribution in [0.4, 0.5) is 14.5 Å². The van der Waals surface area contributed by atoms with Gasteiger partial charge in [0.1, 0.15) is 0 Å². The molecule has 1 aromatic carbocycles. The first kappa shape index (κ1) is 14.8. The van der Waals surface area contributed by atoms with Crippen LogP contribution in [-0.2, 0) is 13.6 Å². The molecular weight excluding hydrogens is 280 g/mol. The van der Waals surface area contributed by atoms with Crippen molar-refractivity contribution in [1.82, 2.24) is 9.78 Å². The van der Waals surface area contributed by atoms with Crippen LogP contribution in [0.3, 0.4) is 0 Å². The maximum absolute atomic E-state index is 12.5. The number of rotatable bonds is 5. The van der Waals surface area contributed by atoms with Crippen LogP contribution in [-0.4, -0.2) is 15.5 Å². The van der Waals surface area contributed by atoms with Gasteiger partial charge in [0.15, 0.2) is 0 Å². The van der Waals surface area contributed by atoms with Crippen LogP contribution in [0, 0.1) is 13.8 Å². The normalized spacial score (nSPS) is 11.1. The molecule has 0 aliphatic carbocycles. The zero-order chi connectivity index (χ0) is 14.7. The maximum Gasteiger partial charge on any atom is 0.288 e. The van der Waals surface area contributed by atoms with Crippen LogP contribution in [0.1, 0.15) is 17.0 Å². The molecule has 1 heterocycles. The summed E-state index contributed by atoms with van der Waals surface area (Å²) in [5.74, 6) is -2.42. The van der Waals surface area contributed by atoms with Gasteiger partial charge in [-0.3, -0.25) is 4.68 Å². The van der Waals surface area contributed by atoms with Gasteiger partial charge in [-0.2, -0.15) is 13.9 Å². The Labute approximate surface area is 121 Å². The summed E-state index contributed by atoms with van der Waals surface area (Å²) in [4.78, 5) is 0.557. The predicted molar refractivity (Wildman–Crippen MR) is 78.3 cm³/mol. The van der Waals surface area contributed by atoms with Crippen LogP contribution in [0.15, 0.2) is 29.2 Å². The summed E-state index contributed by atoms with van der Waals surface area (Å²) in [5, 5.41) is 7.57. The zero-order valence-electron chi connectivity index (χ0n) is 11.7. The fraction of sp³-hybridized carbons (Fsp3) is 0.357. The molecule has 0 saturated carbocycles. The first-order valence-electron chi connectivity index (χ1n) is 6.26. The number of aryl methyl sites for hydroxylation is 2. The average molecular weight is 297 g/mol. The molecule has 0 fully saturated rings. The van der Waals surface area contributed by atoms with Crippen molar-refractivity contribution in [2.45, 2.75) is 31.0 Å². The highest BCUT2D eigenvalue weighted by Crippen LogP contribution is 2.32. The number of nitrogens with zero attached hydrogens (tertiary/aromatic N) is 2. The van der Waals surface area contributed by atoms with E-state index in [-0.39, 0.29) is 0 Å². The minimum Gasteiger partial charge on any atom is -0.380 e. The van der Waals surface area contributed by atoms with E-state index in [9.17, 15) is 8.78 Å². The van der Waals surface area contributed by atoms with Gasteiger partial charge in [0.05, 0.1) is 5.69 Å². The second-order valence-corrected chi connectivity index (χ2v) is 5.53. The molecule has 20 heavy (non-hydrogen) atoms. The second kappa shape index (κ2) is 6.26. The van der Waals surface area contributed by atoms with Crippen molar-refractivity contribution < 1.29 is 8.78 Å². The first-order valence-corrected chi connectivity index (χ1v) is 7.13. The van der Waals surface area contributed by atoms with Crippen LogP contribution >= 0.6 is 11.8 Å². The van der Waals surface area contributed by atoms with Crippen molar-refractivity contribution in [3.05, 3.63) is 41.2 Å². The molecule has 108 valence electrons. The molecule has 0 unspecified atom stereocenters. The SMILES string of the molecule is Cc1nn(C)c(C)c1CNc1ccccc1SC(F)F. The molecule has 0 spiro atoms. The smallest absolute Gasteiger partial charge is 0.288 e. The monoisotopic (exact) mass is 297 g/mol. The highest BCUT2D eigenvalue weighted by molar-refractivity contribution is 7.99. The fourth-order valence-electron chi connectivity index (χ4n) is 2.07. The van der Waals surface area contributed by atoms with Gasteiger partial charge in [0.2, 0.25) is 0 Å². The van der Waals surface area contributed by atoms with E-state index >= 15 is 0 Å². The van der Waals surface area contributed by atoms with Gasteiger partial charge in [-0.05, 0) is 26.0 Å². The lowest BCUT2D eigenvalue weighted by molar-refractivity contribution is 0.252. The Balaban J connectivity index is 2.15. The number of nitrogens with one attached hydrogen (secondary N) is 1. The molecule has 0 radical (unpaired) electrons. The predicted octanol–water partition coefficient (Wildman–Crippen LogP) is 3.96. The number of aromatic nitrogens is 2. The first-order chi connectivity index (χ1) is 9.49. The summed E-state index contributed by atoms with van der Waals surface area (Å²) in [6.07, 6.45) is 0. The largest absolute Gasteiger partial charge is 0.380 e. The summed E-state index contributed by atoms with van der Waals surface area (Å²) in [5.41, 5.74) is 3.86. The number of hydrogen-bond donors (Lipinski definition) is 1. The standard InChI is InChI=1S/C14H17F2N3S/c1-9-11(10(2)19(3)18-9)8-17-12-6-4-5-7-13(12)20-14(15)16/h4-7,14,17H,8H2,1-3H3. The maximum atomic E-state index is 12.5. The number of para-hydroxylation sites is 1. The molecule has 0 saturated heterocycles. The number of alkyl halides is 2. The van der Waals surface area contributed by atoms with E-state index in [2.05, 4.69) is 10.4 Å². The van der Waals surface area contributed by atoms with Gasteiger partial charge < -0.3 is 5.32 Å². The third-order valence-electron chi connectivity index (χ3n) is 3.22. The number of halogens is 2. The van der Waals surface area contributed by atoms with E-state index < -0.39 is 5.76 Å². The Morgan fingerprint density at radius 3 is 2.60 bits per heavy atom. The number of benzene rings is 1. The highest BCUT2D eigenvalue weighted by atomic mass is 32.2. The van der Waals surface area contributed by atoms with E-state index in [1.807, 2.05) is 37.7 Å². The molecule has 0 aliphatic rings. The number of hydrogen-bond acceptors (Lipinski definition) is 3. The van der Waals surface area contributed by atoms with E-state index in [0.717, 1.165) is 22.6 Å². The molecule has 1 aromatic heterocycles. The third kappa shape index (κ3) is 3.30. The summed E-state index contributed by atoms with van der Waals surface area (Å²) in [6, 6.07) is 7.10. The zero-order valence-corrected chi connectivity index (χ0v) is 12.5. The van der Waals surface area contributed by atoms with Crippen molar-refractivity contribution in [2.24, 2.45) is 7.05 Å². The minimum atomic E-state index is -2.42. The Hall–Kier alpha value is -1.56. The van der Waals surface area contributed by atoms with Crippen molar-refractivity contribution in [3.63, 3.8) is 0 Å². The molecule has 2 rings (SSSR count). The van der Waals surface area contributed by atoms with Gasteiger partial charge in [-0.1, -0.05) is 23.9 Å². The topological polar surface area (TPSA) is 29.9 Å². The number of anilines is 1. The summed E-state index contributed by atoms with van der Waals surface area (Å²) < 4.78 is 26.9. The highest BCUT2D eigenvalue weighted by Gasteiger charge is 2.12. The molecule has 6 heteroatoms. The van der Waals surface area contributed by atoms with Crippen molar-refractivity contribution in [3.8, 4) is 0 Å². The molecule has 0 amide bonds. The molecule has 0 atom stereocenters. The van der Waals surface area contributed by atoms with Gasteiger partial charge in [0.25, 0.3) is 5.76 Å². The van der Waals surface area contributed by atoms with Gasteiger partial charge in [0, 0.05) is 35.4 Å². The van der Waals surface area contributed by atoms with E-state index in [1.165, 1.54) is 0 Å². The second-order valence-electron chi connectivity index (χ2n) is 4.50. The summed E-state index contributed by atoms with van der Waals surface area (Å²) in [7, 11) is 1.90. The van der Waals surface area contributed by atoms with E-state index in [0.29, 0.717) is 23.2 Å². The Kier molecular flexibility index (Phi) is 4.65. The molecule has 2 aromatic rings. The lowest BCUT2D eigenvalue weighted by Gasteiger charge is -2.11. The summed E-state index contributed by atoms with van der Waals surface area (Å²) >= 11 is 0.557. The van der Waals surface area contributed by atoms with Crippen LogP contribution in [0.5, 0.6) is 0 Å². The molecule has 0 aliphatic heterocycles. The summed E-state index contributed by atoms with van der Waals surface area (Å²) in [6.45, 7) is 4.52. The van der Waals surface area contributed by atoms with E-state index in [1.54, 1.807) is 12.1 Å². The lowest BCUT2D eigenvalue weighted by Crippen LogP contribution is -2.03. The molecule has 0 bridgehead atoms. The molecular formula is C14H17F2N3S. The van der Waals surface area contributed by atoms with Crippen molar-refractivity contribution >= 4 is 17.4 Å². The van der Waals surface area contributed by atoms with Crippen LogP contribution < -0.4 is 5.32 Å². The molecule has 1 N–H and O–H groups in total. The Morgan fingerprint density at radius 1 is 1.30 bits per heavy atom. The van der Waals surface area contributed by atoms with E-state index in [4.69, 9.17) is 0 Å². The minimum absolute atomic E-state index is 0.557. The Bertz CT molecular complexity index is 596. The third-order valence-corrected chi connectivity index (χ3v) is 4.01. The van der Waals surface area contributed by atoms with Gasteiger partial charge >= 0.3 is 0 Å². The van der Waals surface area contributed by atoms with Crippen LogP contribution in [0.25, 0.3) is 0 Å². The lowest BCUT2D eigenvalue weighted by atomic mass is 10.2. The number of thioether (sulfide) groups is 1. The van der Waals surface area contributed by atoms with Gasteiger partial charge in [-0.25, -0.2) is 0 Å². The quantitative estimate of drug-likeness (QED) is 0.847. The Morgan fingerprint density at radius 2 is 2.00 bits per heavy atom.